The maximum Gasteiger partial charge on any atom is 0.241 e. The first-order valence-corrected chi connectivity index (χ1v) is 13.9. The van der Waals surface area contributed by atoms with Gasteiger partial charge in [-0.2, -0.15) is 4.72 Å². The molecule has 0 aromatic heterocycles. The summed E-state index contributed by atoms with van der Waals surface area (Å²) in [6.07, 6.45) is 0.284. The molecule has 1 N–H and O–H groups in total. The molecule has 1 heterocycles. The Labute approximate surface area is 216 Å². The fraction of sp³-hybridized carbons (Fsp3) is 0.296. The molecule has 1 amide bonds. The van der Waals surface area contributed by atoms with E-state index in [9.17, 15) is 13.2 Å². The summed E-state index contributed by atoms with van der Waals surface area (Å²) >= 11 is 3.33. The van der Waals surface area contributed by atoms with Crippen LogP contribution in [0.2, 0.25) is 0 Å². The molecule has 8 heteroatoms. The van der Waals surface area contributed by atoms with E-state index in [0.717, 1.165) is 10.0 Å². The molecule has 184 valence electrons. The molecule has 0 aliphatic carbocycles. The highest BCUT2D eigenvalue weighted by atomic mass is 79.9. The number of carbonyl (C=O) groups is 1. The maximum atomic E-state index is 13.6. The van der Waals surface area contributed by atoms with E-state index < -0.39 is 16.1 Å². The van der Waals surface area contributed by atoms with Crippen LogP contribution in [0.1, 0.15) is 16.7 Å². The number of hydrogen-bond acceptors (Lipinski definition) is 4. The molecule has 1 saturated heterocycles. The van der Waals surface area contributed by atoms with Gasteiger partial charge >= 0.3 is 0 Å². The van der Waals surface area contributed by atoms with E-state index in [1.54, 1.807) is 17.0 Å². The molecule has 3 aromatic carbocycles. The minimum atomic E-state index is -3.87. The van der Waals surface area contributed by atoms with Crippen LogP contribution in [0.5, 0.6) is 0 Å². The Kier molecular flexibility index (Phi) is 7.94. The van der Waals surface area contributed by atoms with Crippen LogP contribution in [0.3, 0.4) is 0 Å². The maximum absolute atomic E-state index is 13.6. The van der Waals surface area contributed by atoms with Crippen LogP contribution in [0.15, 0.2) is 82.2 Å². The lowest BCUT2D eigenvalue weighted by atomic mass is 10.0. The number of carbonyl (C=O) groups excluding carboxylic acids is 1. The minimum Gasteiger partial charge on any atom is -0.368 e. The fourth-order valence-corrected chi connectivity index (χ4v) is 5.82. The summed E-state index contributed by atoms with van der Waals surface area (Å²) in [5.74, 6) is -0.199. The second-order valence-corrected chi connectivity index (χ2v) is 11.5. The first-order chi connectivity index (χ1) is 16.7. The normalized spacial score (nSPS) is 15.2. The lowest BCUT2D eigenvalue weighted by Crippen LogP contribution is -2.55. The highest BCUT2D eigenvalue weighted by Gasteiger charge is 2.31. The van der Waals surface area contributed by atoms with Crippen LogP contribution >= 0.6 is 15.9 Å². The largest absolute Gasteiger partial charge is 0.368 e. The number of amides is 1. The molecule has 3 aromatic rings. The van der Waals surface area contributed by atoms with Crippen molar-refractivity contribution in [2.24, 2.45) is 0 Å². The zero-order valence-corrected chi connectivity index (χ0v) is 22.3. The minimum absolute atomic E-state index is 0.131. The van der Waals surface area contributed by atoms with E-state index in [0.29, 0.717) is 26.2 Å². The lowest BCUT2D eigenvalue weighted by Gasteiger charge is -2.38. The molecule has 0 radical (unpaired) electrons. The van der Waals surface area contributed by atoms with E-state index in [1.165, 1.54) is 28.9 Å². The van der Waals surface area contributed by atoms with Crippen molar-refractivity contribution in [2.75, 3.05) is 31.1 Å². The fourth-order valence-electron chi connectivity index (χ4n) is 4.36. The van der Waals surface area contributed by atoms with Gasteiger partial charge in [0.2, 0.25) is 15.9 Å². The van der Waals surface area contributed by atoms with Crippen molar-refractivity contribution in [3.05, 3.63) is 94.0 Å². The highest BCUT2D eigenvalue weighted by molar-refractivity contribution is 9.10. The van der Waals surface area contributed by atoms with Crippen molar-refractivity contribution in [1.82, 2.24) is 9.62 Å². The number of benzene rings is 3. The van der Waals surface area contributed by atoms with Gasteiger partial charge in [0.15, 0.2) is 0 Å². The Balaban J connectivity index is 1.51. The summed E-state index contributed by atoms with van der Waals surface area (Å²) in [6, 6.07) is 21.3. The molecule has 35 heavy (non-hydrogen) atoms. The number of piperazine rings is 1. The smallest absolute Gasteiger partial charge is 0.241 e. The molecule has 0 bridgehead atoms. The van der Waals surface area contributed by atoms with Gasteiger partial charge in [0.05, 0.1) is 4.90 Å². The van der Waals surface area contributed by atoms with Gasteiger partial charge in [0.1, 0.15) is 6.04 Å². The average molecular weight is 557 g/mol. The number of aryl methyl sites for hydroxylation is 1. The van der Waals surface area contributed by atoms with Crippen LogP contribution in [0.4, 0.5) is 5.69 Å². The summed E-state index contributed by atoms with van der Waals surface area (Å²) in [4.78, 5) is 17.8. The van der Waals surface area contributed by atoms with Crippen LogP contribution < -0.4 is 9.62 Å². The Morgan fingerprint density at radius 3 is 2.23 bits per heavy atom. The van der Waals surface area contributed by atoms with Crippen molar-refractivity contribution in [3.63, 3.8) is 0 Å². The van der Waals surface area contributed by atoms with Crippen molar-refractivity contribution in [1.29, 1.82) is 0 Å². The molecule has 0 unspecified atom stereocenters. The summed E-state index contributed by atoms with van der Waals surface area (Å²) in [6.45, 7) is 6.70. The van der Waals surface area contributed by atoms with Gasteiger partial charge in [-0.3, -0.25) is 4.79 Å². The number of rotatable bonds is 7. The summed E-state index contributed by atoms with van der Waals surface area (Å²) in [5.41, 5.74) is 4.58. The summed E-state index contributed by atoms with van der Waals surface area (Å²) in [5, 5.41) is 0. The van der Waals surface area contributed by atoms with Crippen molar-refractivity contribution >= 4 is 37.5 Å². The predicted molar refractivity (Wildman–Crippen MR) is 143 cm³/mol. The van der Waals surface area contributed by atoms with Crippen molar-refractivity contribution in [3.8, 4) is 0 Å². The molecular formula is C27H30BrN3O3S. The monoisotopic (exact) mass is 555 g/mol. The number of nitrogens with one attached hydrogen (secondary N) is 1. The molecular weight excluding hydrogens is 526 g/mol. The molecule has 0 saturated carbocycles. The second kappa shape index (κ2) is 10.9. The van der Waals surface area contributed by atoms with Crippen LogP contribution in [0.25, 0.3) is 0 Å². The number of hydrogen-bond donors (Lipinski definition) is 1. The first kappa shape index (κ1) is 25.4. The molecule has 1 fully saturated rings. The van der Waals surface area contributed by atoms with Crippen molar-refractivity contribution in [2.45, 2.75) is 31.2 Å². The third-order valence-electron chi connectivity index (χ3n) is 6.51. The van der Waals surface area contributed by atoms with E-state index in [4.69, 9.17) is 0 Å². The third-order valence-corrected chi connectivity index (χ3v) is 8.53. The quantitative estimate of drug-likeness (QED) is 0.471. The van der Waals surface area contributed by atoms with E-state index in [-0.39, 0.29) is 17.2 Å². The van der Waals surface area contributed by atoms with E-state index in [2.05, 4.69) is 57.6 Å². The Morgan fingerprint density at radius 2 is 1.57 bits per heavy atom. The van der Waals surface area contributed by atoms with E-state index >= 15 is 0 Å². The molecule has 4 rings (SSSR count). The molecule has 0 spiro atoms. The zero-order chi connectivity index (χ0) is 25.0. The van der Waals surface area contributed by atoms with Gasteiger partial charge in [-0.15, -0.1) is 0 Å². The topological polar surface area (TPSA) is 69.7 Å². The average Bonchev–Trinajstić information content (AvgIpc) is 2.86. The van der Waals surface area contributed by atoms with Gasteiger partial charge in [0, 0.05) is 36.3 Å². The Morgan fingerprint density at radius 1 is 0.914 bits per heavy atom. The second-order valence-electron chi connectivity index (χ2n) is 8.85. The number of nitrogens with zero attached hydrogens (tertiary/aromatic N) is 2. The van der Waals surface area contributed by atoms with Crippen LogP contribution in [-0.2, 0) is 21.2 Å². The van der Waals surface area contributed by atoms with Gasteiger partial charge < -0.3 is 9.80 Å². The number of anilines is 1. The summed E-state index contributed by atoms with van der Waals surface area (Å²) in [7, 11) is -3.87. The van der Waals surface area contributed by atoms with Gasteiger partial charge in [-0.05, 0) is 67.3 Å². The SMILES string of the molecule is Cc1cccc(N2CCN(C(=O)[C@H](Cc3ccccc3)NS(=O)(=O)c3ccc(Br)cc3)CC2)c1C. The van der Waals surface area contributed by atoms with Crippen LogP contribution in [0, 0.1) is 13.8 Å². The Bertz CT molecular complexity index is 1270. The first-order valence-electron chi connectivity index (χ1n) is 11.7. The zero-order valence-electron chi connectivity index (χ0n) is 19.9. The molecule has 6 nitrogen and oxygen atoms in total. The predicted octanol–water partition coefficient (Wildman–Crippen LogP) is 4.30. The van der Waals surface area contributed by atoms with Gasteiger partial charge in [-0.25, -0.2) is 8.42 Å². The van der Waals surface area contributed by atoms with Gasteiger partial charge in [0.25, 0.3) is 0 Å². The van der Waals surface area contributed by atoms with Crippen molar-refractivity contribution < 1.29 is 13.2 Å². The highest BCUT2D eigenvalue weighted by Crippen LogP contribution is 2.24. The van der Waals surface area contributed by atoms with Crippen LogP contribution in [-0.4, -0.2) is 51.4 Å². The summed E-state index contributed by atoms with van der Waals surface area (Å²) < 4.78 is 29.7. The van der Waals surface area contributed by atoms with E-state index in [1.807, 2.05) is 30.3 Å². The molecule has 1 aliphatic heterocycles. The third kappa shape index (κ3) is 6.12. The number of halogens is 1. The Hall–Kier alpha value is -2.68. The molecule has 1 atom stereocenters. The standard InChI is InChI=1S/C27H30BrN3O3S/c1-20-7-6-10-26(21(20)2)30-15-17-31(18-16-30)27(32)25(19-22-8-4-3-5-9-22)29-35(33,34)24-13-11-23(28)12-14-24/h3-14,25,29H,15-19H2,1-2H3/t25-/m0/s1. The molecule has 1 aliphatic rings. The number of sulfonamides is 1. The van der Waals surface area contributed by atoms with Gasteiger partial charge in [-0.1, -0.05) is 58.4 Å². The lowest BCUT2D eigenvalue weighted by molar-refractivity contribution is -0.133.